The van der Waals surface area contributed by atoms with Crippen molar-refractivity contribution in [2.45, 2.75) is 0 Å². The Kier molecular flexibility index (Phi) is 5.30. The molecule has 0 saturated heterocycles. The van der Waals surface area contributed by atoms with Crippen molar-refractivity contribution < 1.29 is 4.74 Å². The molecule has 4 bridgehead atoms. The van der Waals surface area contributed by atoms with Crippen molar-refractivity contribution in [3.05, 3.63) is 96.0 Å². The smallest absolute Gasteiger partial charge is 0.158 e. The molecule has 136 valence electrons. The summed E-state index contributed by atoms with van der Waals surface area (Å²) in [5, 5.41) is 4.93. The highest BCUT2D eigenvalue weighted by molar-refractivity contribution is 5.73. The van der Waals surface area contributed by atoms with Crippen molar-refractivity contribution in [3.63, 3.8) is 0 Å². The summed E-state index contributed by atoms with van der Waals surface area (Å²) in [5.74, 6) is 1.91. The molecular formula is C22H17N5O. The van der Waals surface area contributed by atoms with Crippen LogP contribution in [0, 0.1) is 0 Å². The number of nitrogens with one attached hydrogen (secondary N) is 1. The van der Waals surface area contributed by atoms with E-state index in [-0.39, 0.29) is 0 Å². The molecule has 6 nitrogen and oxygen atoms in total. The highest BCUT2D eigenvalue weighted by atomic mass is 16.5. The molecule has 0 radical (unpaired) electrons. The van der Waals surface area contributed by atoms with Gasteiger partial charge in [-0.05, 0) is 30.4 Å². The SMILES string of the molecule is C1=C\C=N/C=c2/cccc/c2=N/c2cc(ncn2)Nc2cccc(c2)O\C=C/1. The second kappa shape index (κ2) is 8.55. The van der Waals surface area contributed by atoms with Gasteiger partial charge >= 0.3 is 0 Å². The molecule has 4 rings (SSSR count). The zero-order valence-electron chi connectivity index (χ0n) is 14.9. The van der Waals surface area contributed by atoms with Crippen LogP contribution in [-0.4, -0.2) is 16.2 Å². The Morgan fingerprint density at radius 2 is 1.82 bits per heavy atom. The third-order valence-corrected chi connectivity index (χ3v) is 3.82. The second-order valence-electron chi connectivity index (χ2n) is 5.84. The molecule has 0 fully saturated rings. The van der Waals surface area contributed by atoms with Gasteiger partial charge in [-0.2, -0.15) is 0 Å². The molecule has 1 aliphatic heterocycles. The highest BCUT2D eigenvalue weighted by Crippen LogP contribution is 2.22. The van der Waals surface area contributed by atoms with Gasteiger partial charge in [0.2, 0.25) is 0 Å². The number of rotatable bonds is 0. The van der Waals surface area contributed by atoms with Gasteiger partial charge in [0.25, 0.3) is 0 Å². The van der Waals surface area contributed by atoms with E-state index in [9.17, 15) is 0 Å². The van der Waals surface area contributed by atoms with Gasteiger partial charge in [0.1, 0.15) is 17.9 Å². The predicted molar refractivity (Wildman–Crippen MR) is 111 cm³/mol. The van der Waals surface area contributed by atoms with Gasteiger partial charge in [-0.25, -0.2) is 15.0 Å². The maximum atomic E-state index is 5.62. The van der Waals surface area contributed by atoms with E-state index in [1.54, 1.807) is 30.8 Å². The minimum Gasteiger partial charge on any atom is -0.465 e. The van der Waals surface area contributed by atoms with Crippen LogP contribution in [0.15, 0.2) is 95.4 Å². The summed E-state index contributed by atoms with van der Waals surface area (Å²) in [6, 6.07) is 17.2. The van der Waals surface area contributed by atoms with Crippen molar-refractivity contribution in [1.29, 1.82) is 0 Å². The molecule has 2 aromatic carbocycles. The Morgan fingerprint density at radius 3 is 2.82 bits per heavy atom. The molecule has 1 N–H and O–H groups in total. The number of aromatic nitrogens is 2. The summed E-state index contributed by atoms with van der Waals surface area (Å²) < 4.78 is 5.62. The Balaban J connectivity index is 1.81. The fourth-order valence-electron chi connectivity index (χ4n) is 2.54. The lowest BCUT2D eigenvalue weighted by Crippen LogP contribution is -2.23. The molecule has 0 unspecified atom stereocenters. The van der Waals surface area contributed by atoms with E-state index in [0.29, 0.717) is 17.4 Å². The topological polar surface area (TPSA) is 71.8 Å². The first-order valence-corrected chi connectivity index (χ1v) is 8.72. The molecule has 28 heavy (non-hydrogen) atoms. The quantitative estimate of drug-likeness (QED) is 0.661. The first-order chi connectivity index (χ1) is 13.9. The lowest BCUT2D eigenvalue weighted by molar-refractivity contribution is 0.481. The summed E-state index contributed by atoms with van der Waals surface area (Å²) in [5.41, 5.74) is 0.855. The molecule has 0 atom stereocenters. The summed E-state index contributed by atoms with van der Waals surface area (Å²) >= 11 is 0. The van der Waals surface area contributed by atoms with Gasteiger partial charge < -0.3 is 10.1 Å². The Labute approximate surface area is 162 Å². The molecule has 3 aromatic rings. The monoisotopic (exact) mass is 367 g/mol. The number of hydrogen-bond donors (Lipinski definition) is 1. The van der Waals surface area contributed by atoms with E-state index in [1.807, 2.05) is 60.7 Å². The van der Waals surface area contributed by atoms with Crippen molar-refractivity contribution in [2.75, 3.05) is 5.32 Å². The lowest BCUT2D eigenvalue weighted by atomic mass is 10.3. The number of aliphatic imine (C=N–C) groups is 1. The lowest BCUT2D eigenvalue weighted by Gasteiger charge is -2.07. The maximum absolute atomic E-state index is 5.62. The van der Waals surface area contributed by atoms with Crippen LogP contribution < -0.4 is 20.6 Å². The number of hydrogen-bond acceptors (Lipinski definition) is 6. The standard InChI is InChI=1S/C22H17N5O/c1-4-11-23-15-17-7-2-3-10-20(17)27-22-14-21(24-16-25-22)26-18-8-6-9-19(13-18)28-12-5-1/h1-16H,(H,24,25,26)/b4-1-,12-5-,17-15-,23-11-,27-20-. The molecule has 0 saturated carbocycles. The average Bonchev–Trinajstić information content (AvgIpc) is 2.71. The van der Waals surface area contributed by atoms with E-state index in [0.717, 1.165) is 16.3 Å². The van der Waals surface area contributed by atoms with E-state index >= 15 is 0 Å². The maximum Gasteiger partial charge on any atom is 0.158 e. The highest BCUT2D eigenvalue weighted by Gasteiger charge is 2.01. The normalized spacial score (nSPS) is 18.9. The van der Waals surface area contributed by atoms with Crippen molar-refractivity contribution >= 4 is 29.7 Å². The van der Waals surface area contributed by atoms with Crippen molar-refractivity contribution in [1.82, 2.24) is 9.97 Å². The fraction of sp³-hybridized carbons (Fsp3) is 0. The average molecular weight is 367 g/mol. The number of allylic oxidation sites excluding steroid dienone is 3. The van der Waals surface area contributed by atoms with E-state index < -0.39 is 0 Å². The first kappa shape index (κ1) is 17.4. The van der Waals surface area contributed by atoms with Gasteiger partial charge in [-0.15, -0.1) is 0 Å². The summed E-state index contributed by atoms with van der Waals surface area (Å²) in [4.78, 5) is 17.5. The molecule has 1 aliphatic rings. The van der Waals surface area contributed by atoms with Crippen LogP contribution in [0.3, 0.4) is 0 Å². The molecule has 2 heterocycles. The molecule has 0 aliphatic carbocycles. The van der Waals surface area contributed by atoms with Crippen LogP contribution >= 0.6 is 0 Å². The number of benzene rings is 2. The Bertz CT molecular complexity index is 1180. The molecule has 1 aromatic heterocycles. The van der Waals surface area contributed by atoms with Crippen LogP contribution in [0.4, 0.5) is 17.3 Å². The number of fused-ring (bicyclic) bond motifs is 5. The summed E-state index contributed by atoms with van der Waals surface area (Å²) in [7, 11) is 0. The van der Waals surface area contributed by atoms with Gasteiger partial charge in [-0.1, -0.05) is 30.3 Å². The van der Waals surface area contributed by atoms with E-state index in [1.165, 1.54) is 6.33 Å². The molecule has 0 amide bonds. The zero-order valence-corrected chi connectivity index (χ0v) is 14.9. The molecule has 6 heteroatoms. The number of nitrogens with zero attached hydrogens (tertiary/aromatic N) is 4. The Morgan fingerprint density at radius 1 is 0.857 bits per heavy atom. The van der Waals surface area contributed by atoms with Crippen LogP contribution in [0.2, 0.25) is 0 Å². The van der Waals surface area contributed by atoms with Gasteiger partial charge in [0.15, 0.2) is 5.82 Å². The number of anilines is 2. The van der Waals surface area contributed by atoms with Crippen LogP contribution in [0.25, 0.3) is 6.20 Å². The third-order valence-electron chi connectivity index (χ3n) is 3.82. The fourth-order valence-corrected chi connectivity index (χ4v) is 2.54. The number of ether oxygens (including phenoxy) is 1. The minimum absolute atomic E-state index is 0.554. The van der Waals surface area contributed by atoms with E-state index in [4.69, 9.17) is 4.74 Å². The van der Waals surface area contributed by atoms with Crippen molar-refractivity contribution in [3.8, 4) is 5.75 Å². The number of para-hydroxylation sites is 1. The van der Waals surface area contributed by atoms with Crippen molar-refractivity contribution in [2.24, 2.45) is 9.98 Å². The summed E-state index contributed by atoms with van der Waals surface area (Å²) in [6.45, 7) is 0. The van der Waals surface area contributed by atoms with Crippen LogP contribution in [0.5, 0.6) is 5.75 Å². The van der Waals surface area contributed by atoms with Gasteiger partial charge in [0.05, 0.1) is 11.6 Å². The van der Waals surface area contributed by atoms with Crippen LogP contribution in [0.1, 0.15) is 0 Å². The first-order valence-electron chi connectivity index (χ1n) is 8.72. The molecule has 0 spiro atoms. The Hall–Kier alpha value is -4.06. The predicted octanol–water partition coefficient (Wildman–Crippen LogP) is 3.44. The minimum atomic E-state index is 0.554. The van der Waals surface area contributed by atoms with Gasteiger partial charge in [-0.3, -0.25) is 4.99 Å². The van der Waals surface area contributed by atoms with Gasteiger partial charge in [0, 0.05) is 35.5 Å². The largest absolute Gasteiger partial charge is 0.465 e. The third kappa shape index (κ3) is 4.56. The van der Waals surface area contributed by atoms with E-state index in [2.05, 4.69) is 25.3 Å². The zero-order chi connectivity index (χ0) is 19.0. The van der Waals surface area contributed by atoms with Crippen LogP contribution in [-0.2, 0) is 0 Å². The second-order valence-corrected chi connectivity index (χ2v) is 5.84. The molecular weight excluding hydrogens is 350 g/mol. The summed E-state index contributed by atoms with van der Waals surface area (Å²) in [6.07, 6.45) is 12.0.